The Morgan fingerprint density at radius 1 is 1.56 bits per heavy atom. The van der Waals surface area contributed by atoms with Gasteiger partial charge in [-0.25, -0.2) is 9.78 Å². The molecule has 0 aliphatic heterocycles. The van der Waals surface area contributed by atoms with Crippen LogP contribution in [-0.2, 0) is 4.79 Å². The third-order valence-corrected chi connectivity index (χ3v) is 3.47. The minimum Gasteiger partial charge on any atom is -0.480 e. The second kappa shape index (κ2) is 5.84. The third kappa shape index (κ3) is 3.48. The number of hydrogen-bond acceptors (Lipinski definition) is 4. The summed E-state index contributed by atoms with van der Waals surface area (Å²) in [7, 11) is 0. The van der Waals surface area contributed by atoms with E-state index in [1.807, 2.05) is 13.8 Å². The molecule has 0 aliphatic rings. The van der Waals surface area contributed by atoms with Crippen molar-refractivity contribution in [2.24, 2.45) is 0 Å². The Bertz CT molecular complexity index is 343. The average Bonchev–Trinajstić information content (AvgIpc) is 2.52. The molecule has 1 heterocycles. The molecular weight excluding hydrogens is 224 g/mol. The van der Waals surface area contributed by atoms with Crippen molar-refractivity contribution in [2.45, 2.75) is 46.1 Å². The first-order valence-corrected chi connectivity index (χ1v) is 6.29. The summed E-state index contributed by atoms with van der Waals surface area (Å²) in [6.07, 6.45) is 2.55. The van der Waals surface area contributed by atoms with Crippen molar-refractivity contribution < 1.29 is 9.90 Å². The minimum absolute atomic E-state index is 0.523. The fraction of sp³-hybridized carbons (Fsp3) is 0.636. The van der Waals surface area contributed by atoms with E-state index in [-0.39, 0.29) is 0 Å². The van der Waals surface area contributed by atoms with Crippen molar-refractivity contribution in [1.29, 1.82) is 0 Å². The number of carbonyl (C=O) groups is 1. The van der Waals surface area contributed by atoms with Gasteiger partial charge < -0.3 is 10.4 Å². The predicted molar refractivity (Wildman–Crippen MR) is 66.2 cm³/mol. The number of carboxylic acid groups (broad SMARTS) is 1. The zero-order valence-electron chi connectivity index (χ0n) is 9.91. The molecule has 0 aromatic carbocycles. The van der Waals surface area contributed by atoms with E-state index >= 15 is 0 Å². The van der Waals surface area contributed by atoms with Crippen LogP contribution in [0.5, 0.6) is 0 Å². The van der Waals surface area contributed by atoms with Gasteiger partial charge in [-0.2, -0.15) is 0 Å². The number of aliphatic carboxylic acids is 1. The van der Waals surface area contributed by atoms with Crippen LogP contribution in [0.15, 0.2) is 0 Å². The molecule has 1 unspecified atom stereocenters. The number of nitrogens with zero attached hydrogens (tertiary/aromatic N) is 1. The Kier molecular flexibility index (Phi) is 4.73. The van der Waals surface area contributed by atoms with Gasteiger partial charge in [-0.3, -0.25) is 0 Å². The van der Waals surface area contributed by atoms with Crippen LogP contribution in [0.3, 0.4) is 0 Å². The number of aromatic nitrogens is 1. The maximum atomic E-state index is 11.0. The van der Waals surface area contributed by atoms with E-state index in [4.69, 9.17) is 5.11 Å². The Morgan fingerprint density at radius 3 is 2.69 bits per heavy atom. The molecule has 4 nitrogen and oxygen atoms in total. The van der Waals surface area contributed by atoms with Crippen LogP contribution in [0.4, 0.5) is 5.13 Å². The van der Waals surface area contributed by atoms with E-state index in [9.17, 15) is 4.79 Å². The molecule has 1 aromatic heterocycles. The van der Waals surface area contributed by atoms with Gasteiger partial charge in [-0.15, -0.1) is 11.3 Å². The van der Waals surface area contributed by atoms with E-state index in [1.54, 1.807) is 0 Å². The molecule has 2 N–H and O–H groups in total. The fourth-order valence-electron chi connectivity index (χ4n) is 1.35. The van der Waals surface area contributed by atoms with Gasteiger partial charge in [-0.05, 0) is 20.3 Å². The lowest BCUT2D eigenvalue weighted by Crippen LogP contribution is -2.29. The summed E-state index contributed by atoms with van der Waals surface area (Å²) in [6.45, 7) is 5.97. The zero-order valence-corrected chi connectivity index (χ0v) is 10.7. The van der Waals surface area contributed by atoms with Gasteiger partial charge in [0.1, 0.15) is 6.04 Å². The highest BCUT2D eigenvalue weighted by Crippen LogP contribution is 2.22. The molecule has 1 rings (SSSR count). The van der Waals surface area contributed by atoms with E-state index in [0.29, 0.717) is 11.6 Å². The molecule has 5 heteroatoms. The van der Waals surface area contributed by atoms with Gasteiger partial charge in [0.15, 0.2) is 5.13 Å². The zero-order chi connectivity index (χ0) is 12.1. The Labute approximate surface area is 99.7 Å². The molecule has 0 amide bonds. The van der Waals surface area contributed by atoms with Gasteiger partial charge in [0.25, 0.3) is 0 Å². The molecule has 90 valence electrons. The summed E-state index contributed by atoms with van der Waals surface area (Å²) < 4.78 is 0. The van der Waals surface area contributed by atoms with Crippen molar-refractivity contribution in [1.82, 2.24) is 4.98 Å². The maximum absolute atomic E-state index is 11.0. The molecule has 0 spiro atoms. The molecule has 0 saturated carbocycles. The summed E-state index contributed by atoms with van der Waals surface area (Å²) in [5.74, 6) is -0.807. The molecule has 0 bridgehead atoms. The minimum atomic E-state index is -0.807. The Morgan fingerprint density at radius 2 is 2.25 bits per heavy atom. The molecule has 0 saturated heterocycles. The molecule has 0 radical (unpaired) electrons. The monoisotopic (exact) mass is 242 g/mol. The molecular formula is C11H18N2O2S. The molecule has 1 atom stereocenters. The lowest BCUT2D eigenvalue weighted by Gasteiger charge is -2.12. The van der Waals surface area contributed by atoms with E-state index in [2.05, 4.69) is 17.2 Å². The Hall–Kier alpha value is -1.10. The number of rotatable bonds is 6. The second-order valence-electron chi connectivity index (χ2n) is 3.84. The van der Waals surface area contributed by atoms with Crippen LogP contribution < -0.4 is 5.32 Å². The highest BCUT2D eigenvalue weighted by atomic mass is 32.1. The number of unbranched alkanes of at least 4 members (excludes halogenated alkanes) is 1. The first kappa shape index (κ1) is 13.0. The Balaban J connectivity index is 2.64. The van der Waals surface area contributed by atoms with Crippen molar-refractivity contribution in [3.8, 4) is 0 Å². The highest BCUT2D eigenvalue weighted by molar-refractivity contribution is 7.15. The average molecular weight is 242 g/mol. The van der Waals surface area contributed by atoms with Crippen LogP contribution in [-0.4, -0.2) is 22.1 Å². The lowest BCUT2D eigenvalue weighted by molar-refractivity contribution is -0.138. The van der Waals surface area contributed by atoms with Crippen molar-refractivity contribution in [3.63, 3.8) is 0 Å². The van der Waals surface area contributed by atoms with E-state index in [0.717, 1.165) is 23.4 Å². The summed E-state index contributed by atoms with van der Waals surface area (Å²) in [4.78, 5) is 16.4. The molecule has 16 heavy (non-hydrogen) atoms. The van der Waals surface area contributed by atoms with Crippen LogP contribution >= 0.6 is 11.3 Å². The maximum Gasteiger partial charge on any atom is 0.326 e. The normalized spacial score (nSPS) is 12.4. The number of carboxylic acids is 1. The predicted octanol–water partition coefficient (Wildman–Crippen LogP) is 2.82. The number of aryl methyl sites for hydroxylation is 2. The lowest BCUT2D eigenvalue weighted by atomic mass is 10.1. The SMILES string of the molecule is CCCCC(Nc1nc(C)c(C)s1)C(=O)O. The fourth-order valence-corrected chi connectivity index (χ4v) is 2.22. The molecule has 0 aliphatic carbocycles. The number of anilines is 1. The van der Waals surface area contributed by atoms with Crippen molar-refractivity contribution in [3.05, 3.63) is 10.6 Å². The van der Waals surface area contributed by atoms with Gasteiger partial charge in [0, 0.05) is 4.88 Å². The first-order chi connectivity index (χ1) is 7.54. The summed E-state index contributed by atoms with van der Waals surface area (Å²) in [6, 6.07) is -0.523. The van der Waals surface area contributed by atoms with Crippen LogP contribution in [0.25, 0.3) is 0 Å². The molecule has 0 fully saturated rings. The van der Waals surface area contributed by atoms with Crippen molar-refractivity contribution in [2.75, 3.05) is 5.32 Å². The van der Waals surface area contributed by atoms with Gasteiger partial charge in [-0.1, -0.05) is 19.8 Å². The van der Waals surface area contributed by atoms with Gasteiger partial charge >= 0.3 is 5.97 Å². The quantitative estimate of drug-likeness (QED) is 0.805. The van der Waals surface area contributed by atoms with Crippen molar-refractivity contribution >= 4 is 22.4 Å². The molecule has 1 aromatic rings. The summed E-state index contributed by atoms with van der Waals surface area (Å²) in [5.41, 5.74) is 0.965. The standard InChI is InChI=1S/C11H18N2O2S/c1-4-5-6-9(10(14)15)13-11-12-7(2)8(3)16-11/h9H,4-6H2,1-3H3,(H,12,13)(H,14,15). The van der Waals surface area contributed by atoms with Crippen LogP contribution in [0.2, 0.25) is 0 Å². The topological polar surface area (TPSA) is 62.2 Å². The number of thiazole rings is 1. The summed E-state index contributed by atoms with van der Waals surface area (Å²) in [5, 5.41) is 12.7. The second-order valence-corrected chi connectivity index (χ2v) is 5.04. The van der Waals surface area contributed by atoms with E-state index in [1.165, 1.54) is 11.3 Å². The number of hydrogen-bond donors (Lipinski definition) is 2. The number of nitrogens with one attached hydrogen (secondary N) is 1. The summed E-state index contributed by atoms with van der Waals surface area (Å²) >= 11 is 1.51. The first-order valence-electron chi connectivity index (χ1n) is 5.48. The van der Waals surface area contributed by atoms with Crippen LogP contribution in [0, 0.1) is 13.8 Å². The largest absolute Gasteiger partial charge is 0.480 e. The third-order valence-electron chi connectivity index (χ3n) is 2.47. The highest BCUT2D eigenvalue weighted by Gasteiger charge is 2.18. The smallest absolute Gasteiger partial charge is 0.326 e. The van der Waals surface area contributed by atoms with Gasteiger partial charge in [0.2, 0.25) is 0 Å². The van der Waals surface area contributed by atoms with E-state index < -0.39 is 12.0 Å². The van der Waals surface area contributed by atoms with Crippen LogP contribution in [0.1, 0.15) is 36.8 Å². The van der Waals surface area contributed by atoms with Gasteiger partial charge in [0.05, 0.1) is 5.69 Å².